The van der Waals surface area contributed by atoms with Gasteiger partial charge in [0.25, 0.3) is 0 Å². The van der Waals surface area contributed by atoms with Crippen LogP contribution in [0.15, 0.2) is 27.7 Å². The van der Waals surface area contributed by atoms with Crippen molar-refractivity contribution in [2.45, 2.75) is 51.2 Å². The Morgan fingerprint density at radius 2 is 2.04 bits per heavy atom. The molecule has 0 N–H and O–H groups in total. The summed E-state index contributed by atoms with van der Waals surface area (Å²) in [5, 5.41) is 4.41. The number of ether oxygens (including phenoxy) is 1. The van der Waals surface area contributed by atoms with Gasteiger partial charge in [0.2, 0.25) is 15.9 Å². The molecule has 7 nitrogen and oxygen atoms in total. The molecule has 0 saturated carbocycles. The van der Waals surface area contributed by atoms with Crippen LogP contribution in [0.4, 0.5) is 0 Å². The summed E-state index contributed by atoms with van der Waals surface area (Å²) in [4.78, 5) is 4.50. The molecule has 2 aromatic rings. The molecule has 0 radical (unpaired) electrons. The maximum atomic E-state index is 13.1. The topological polar surface area (TPSA) is 77.3 Å². The van der Waals surface area contributed by atoms with E-state index in [0.717, 1.165) is 4.47 Å². The maximum absolute atomic E-state index is 13.1. The van der Waals surface area contributed by atoms with Crippen molar-refractivity contribution in [3.05, 3.63) is 34.2 Å². The van der Waals surface area contributed by atoms with Crippen LogP contribution in [-0.2, 0) is 10.0 Å². The van der Waals surface area contributed by atoms with E-state index in [0.29, 0.717) is 41.7 Å². The molecule has 9 heteroatoms. The third kappa shape index (κ3) is 3.65. The van der Waals surface area contributed by atoms with Gasteiger partial charge in [-0.2, -0.15) is 9.40 Å². The molecule has 2 aromatic heterocycles. The molecule has 0 aromatic carbocycles. The summed E-state index contributed by atoms with van der Waals surface area (Å²) in [5.41, 5.74) is 1.21. The molecular formula is C17H23BrN4O3S. The van der Waals surface area contributed by atoms with Crippen LogP contribution in [0.5, 0.6) is 5.88 Å². The number of hydrogen-bond acceptors (Lipinski definition) is 5. The molecule has 1 aliphatic rings. The van der Waals surface area contributed by atoms with E-state index in [9.17, 15) is 8.42 Å². The minimum atomic E-state index is -3.60. The van der Waals surface area contributed by atoms with Gasteiger partial charge in [-0.1, -0.05) is 0 Å². The first-order valence-corrected chi connectivity index (χ1v) is 10.8. The van der Waals surface area contributed by atoms with E-state index >= 15 is 0 Å². The number of hydrogen-bond donors (Lipinski definition) is 0. The second kappa shape index (κ2) is 7.28. The highest BCUT2D eigenvalue weighted by Gasteiger charge is 2.37. The molecule has 0 amide bonds. The number of nitrogens with zero attached hydrogens (tertiary/aromatic N) is 4. The monoisotopic (exact) mass is 442 g/mol. The Hall–Kier alpha value is -1.45. The number of aryl methyl sites for hydroxylation is 1. The molecule has 1 fully saturated rings. The van der Waals surface area contributed by atoms with Crippen LogP contribution in [-0.4, -0.2) is 46.7 Å². The highest BCUT2D eigenvalue weighted by Crippen LogP contribution is 2.29. The zero-order valence-corrected chi connectivity index (χ0v) is 17.7. The van der Waals surface area contributed by atoms with Crippen molar-refractivity contribution in [3.63, 3.8) is 0 Å². The van der Waals surface area contributed by atoms with Crippen molar-refractivity contribution in [3.8, 4) is 5.88 Å². The number of pyridine rings is 1. The number of halogens is 1. The highest BCUT2D eigenvalue weighted by molar-refractivity contribution is 9.10. The normalized spacial score (nSPS) is 18.6. The lowest BCUT2D eigenvalue weighted by atomic mass is 10.3. The van der Waals surface area contributed by atoms with E-state index < -0.39 is 10.0 Å². The third-order valence-electron chi connectivity index (χ3n) is 4.44. The fourth-order valence-electron chi connectivity index (χ4n) is 3.27. The molecule has 1 aliphatic heterocycles. The van der Waals surface area contributed by atoms with Crippen LogP contribution in [0.2, 0.25) is 0 Å². The standard InChI is InChI=1S/C17H23BrN4O3S/c1-11(2)22-13(4)17(12(3)20-22)26(23,24)21-8-7-15(10-21)25-16-6-5-14(18)9-19-16/h5-6,9,11,15H,7-8,10H2,1-4H3. The van der Waals surface area contributed by atoms with Crippen LogP contribution in [0.3, 0.4) is 0 Å². The summed E-state index contributed by atoms with van der Waals surface area (Å²) >= 11 is 3.33. The summed E-state index contributed by atoms with van der Waals surface area (Å²) in [6, 6.07) is 3.72. The van der Waals surface area contributed by atoms with E-state index in [-0.39, 0.29) is 12.1 Å². The first-order valence-electron chi connectivity index (χ1n) is 8.54. The average molecular weight is 443 g/mol. The Kier molecular flexibility index (Phi) is 5.41. The molecule has 0 aliphatic carbocycles. The van der Waals surface area contributed by atoms with Crippen molar-refractivity contribution in [2.75, 3.05) is 13.1 Å². The fourth-order valence-corrected chi connectivity index (χ4v) is 5.35. The van der Waals surface area contributed by atoms with Crippen molar-refractivity contribution < 1.29 is 13.2 Å². The van der Waals surface area contributed by atoms with Gasteiger partial charge in [-0.25, -0.2) is 13.4 Å². The summed E-state index contributed by atoms with van der Waals surface area (Å²) in [7, 11) is -3.60. The van der Waals surface area contributed by atoms with Crippen molar-refractivity contribution in [2.24, 2.45) is 0 Å². The molecule has 1 atom stereocenters. The Morgan fingerprint density at radius 3 is 2.62 bits per heavy atom. The Balaban J connectivity index is 1.78. The molecule has 3 rings (SSSR count). The number of rotatable bonds is 5. The minimum Gasteiger partial charge on any atom is -0.473 e. The van der Waals surface area contributed by atoms with Gasteiger partial charge in [-0.3, -0.25) is 4.68 Å². The predicted molar refractivity (Wildman–Crippen MR) is 102 cm³/mol. The molecule has 142 valence electrons. The smallest absolute Gasteiger partial charge is 0.246 e. The van der Waals surface area contributed by atoms with E-state index in [1.165, 1.54) is 4.31 Å². The first kappa shape index (κ1) is 19.3. The van der Waals surface area contributed by atoms with Crippen molar-refractivity contribution in [1.82, 2.24) is 19.1 Å². The molecule has 3 heterocycles. The zero-order chi connectivity index (χ0) is 19.1. The van der Waals surface area contributed by atoms with E-state index in [1.54, 1.807) is 23.9 Å². The second-order valence-electron chi connectivity index (χ2n) is 6.74. The molecule has 26 heavy (non-hydrogen) atoms. The van der Waals surface area contributed by atoms with E-state index in [4.69, 9.17) is 4.74 Å². The Morgan fingerprint density at radius 1 is 1.31 bits per heavy atom. The summed E-state index contributed by atoms with van der Waals surface area (Å²) in [6.45, 7) is 8.26. The Bertz CT molecular complexity index is 893. The zero-order valence-electron chi connectivity index (χ0n) is 15.3. The van der Waals surface area contributed by atoms with Crippen molar-refractivity contribution >= 4 is 26.0 Å². The van der Waals surface area contributed by atoms with Crippen LogP contribution in [0.1, 0.15) is 37.7 Å². The van der Waals surface area contributed by atoms with Gasteiger partial charge in [0.15, 0.2) is 0 Å². The van der Waals surface area contributed by atoms with Gasteiger partial charge in [0.1, 0.15) is 11.0 Å². The van der Waals surface area contributed by atoms with E-state index in [2.05, 4.69) is 26.0 Å². The van der Waals surface area contributed by atoms with Crippen LogP contribution < -0.4 is 4.74 Å². The third-order valence-corrected chi connectivity index (χ3v) is 7.03. The van der Waals surface area contributed by atoms with Crippen LogP contribution in [0, 0.1) is 13.8 Å². The molecule has 0 spiro atoms. The minimum absolute atomic E-state index is 0.107. The van der Waals surface area contributed by atoms with Gasteiger partial charge in [0.05, 0.1) is 17.9 Å². The molecule has 1 unspecified atom stereocenters. The lowest BCUT2D eigenvalue weighted by Crippen LogP contribution is -2.31. The number of sulfonamides is 1. The first-order chi connectivity index (χ1) is 12.2. The lowest BCUT2D eigenvalue weighted by molar-refractivity contribution is 0.207. The molecule has 0 bridgehead atoms. The van der Waals surface area contributed by atoms with Gasteiger partial charge >= 0.3 is 0 Å². The average Bonchev–Trinajstić information content (AvgIpc) is 3.15. The fraction of sp³-hybridized carbons (Fsp3) is 0.529. The second-order valence-corrected chi connectivity index (χ2v) is 9.53. The lowest BCUT2D eigenvalue weighted by Gasteiger charge is -2.17. The predicted octanol–water partition coefficient (Wildman–Crippen LogP) is 3.08. The largest absolute Gasteiger partial charge is 0.473 e. The summed E-state index contributed by atoms with van der Waals surface area (Å²) in [6.07, 6.45) is 2.08. The van der Waals surface area contributed by atoms with Crippen LogP contribution in [0.25, 0.3) is 0 Å². The van der Waals surface area contributed by atoms with Crippen LogP contribution >= 0.6 is 15.9 Å². The maximum Gasteiger partial charge on any atom is 0.246 e. The summed E-state index contributed by atoms with van der Waals surface area (Å²) in [5.74, 6) is 0.498. The van der Waals surface area contributed by atoms with Gasteiger partial charge in [-0.15, -0.1) is 0 Å². The van der Waals surface area contributed by atoms with Gasteiger partial charge < -0.3 is 4.74 Å². The SMILES string of the molecule is Cc1nn(C(C)C)c(C)c1S(=O)(=O)N1CCC(Oc2ccc(Br)cn2)C1. The van der Waals surface area contributed by atoms with Gasteiger partial charge in [0, 0.05) is 29.3 Å². The quantitative estimate of drug-likeness (QED) is 0.710. The summed E-state index contributed by atoms with van der Waals surface area (Å²) < 4.78 is 36.3. The number of aromatic nitrogens is 3. The Labute approximate surface area is 162 Å². The highest BCUT2D eigenvalue weighted by atomic mass is 79.9. The van der Waals surface area contributed by atoms with Gasteiger partial charge in [-0.05, 0) is 56.1 Å². The van der Waals surface area contributed by atoms with Crippen molar-refractivity contribution in [1.29, 1.82) is 0 Å². The van der Waals surface area contributed by atoms with E-state index in [1.807, 2.05) is 26.8 Å². The molecule has 1 saturated heterocycles. The molecular weight excluding hydrogens is 420 g/mol.